The van der Waals surface area contributed by atoms with Gasteiger partial charge in [0.2, 0.25) is 11.5 Å². The first-order valence-corrected chi connectivity index (χ1v) is 16.5. The number of rotatable bonds is 12. The van der Waals surface area contributed by atoms with Gasteiger partial charge in [-0.3, -0.25) is 0 Å². The number of oxazole rings is 1. The number of benzene rings is 2. The summed E-state index contributed by atoms with van der Waals surface area (Å²) in [5.74, 6) is 2.66. The van der Waals surface area contributed by atoms with Gasteiger partial charge >= 0.3 is 5.89 Å². The van der Waals surface area contributed by atoms with Gasteiger partial charge in [-0.1, -0.05) is 54.6 Å². The van der Waals surface area contributed by atoms with Gasteiger partial charge in [-0.05, 0) is 24.3 Å². The van der Waals surface area contributed by atoms with Crippen LogP contribution < -0.4 is 14.2 Å². The first-order valence-electron chi connectivity index (χ1n) is 16.5. The summed E-state index contributed by atoms with van der Waals surface area (Å²) in [6, 6.07) is 16.6. The molecular formula is C37H49N4O4+3. The number of nitrogens with zero attached hydrogens (tertiary/aromatic N) is 4. The summed E-state index contributed by atoms with van der Waals surface area (Å²) in [5.41, 5.74) is 3.20. The normalized spacial score (nSPS) is 20.6. The molecule has 8 nitrogen and oxygen atoms in total. The van der Waals surface area contributed by atoms with E-state index in [1.807, 2.05) is 54.6 Å². The number of hydrogen-bond acceptors (Lipinski definition) is 5. The molecule has 238 valence electrons. The maximum absolute atomic E-state index is 6.24. The average molecular weight is 614 g/mol. The number of fused-ring (bicyclic) bond motifs is 2. The number of quaternary nitrogens is 2. The Hall–Kier alpha value is -3.69. The van der Waals surface area contributed by atoms with Gasteiger partial charge in [0.15, 0.2) is 12.3 Å². The smallest absolute Gasteiger partial charge is 0.374 e. The van der Waals surface area contributed by atoms with E-state index in [9.17, 15) is 0 Å². The van der Waals surface area contributed by atoms with Crippen LogP contribution in [0.5, 0.6) is 5.75 Å². The van der Waals surface area contributed by atoms with Crippen LogP contribution >= 0.6 is 0 Å². The van der Waals surface area contributed by atoms with Gasteiger partial charge in [-0.15, -0.1) is 0 Å². The summed E-state index contributed by atoms with van der Waals surface area (Å²) in [5, 5.41) is 0. The number of aromatic nitrogens is 1. The molecule has 0 unspecified atom stereocenters. The molecule has 2 fully saturated rings. The minimum absolute atomic E-state index is 0.860. The zero-order chi connectivity index (χ0) is 31.0. The van der Waals surface area contributed by atoms with Crippen LogP contribution in [0.25, 0.3) is 17.2 Å². The first kappa shape index (κ1) is 31.3. The molecule has 8 heteroatoms. The van der Waals surface area contributed by atoms with Gasteiger partial charge in [-0.25, -0.2) is 0 Å². The van der Waals surface area contributed by atoms with E-state index in [0.29, 0.717) is 0 Å². The van der Waals surface area contributed by atoms with Gasteiger partial charge in [0.05, 0.1) is 71.8 Å². The van der Waals surface area contributed by atoms with Gasteiger partial charge in [-0.2, -0.15) is 4.57 Å². The highest BCUT2D eigenvalue weighted by atomic mass is 16.5. The zero-order valence-corrected chi connectivity index (χ0v) is 27.0. The summed E-state index contributed by atoms with van der Waals surface area (Å²) in [6.45, 7) is 11.9. The molecule has 0 amide bonds. The largest absolute Gasteiger partial charge is 0.439 e. The second kappa shape index (κ2) is 14.6. The Bertz CT molecular complexity index is 1540. The highest BCUT2D eigenvalue weighted by Gasteiger charge is 2.29. The van der Waals surface area contributed by atoms with E-state index in [0.717, 1.165) is 135 Å². The molecule has 0 aliphatic carbocycles. The minimum Gasteiger partial charge on any atom is -0.439 e. The van der Waals surface area contributed by atoms with Crippen LogP contribution in [0.15, 0.2) is 95.3 Å². The molecule has 0 radical (unpaired) electrons. The van der Waals surface area contributed by atoms with E-state index in [1.165, 1.54) is 0 Å². The second-order valence-corrected chi connectivity index (χ2v) is 12.9. The number of allylic oxidation sites excluding steroid dienone is 6. The van der Waals surface area contributed by atoms with Crippen LogP contribution in [0, 0.1) is 0 Å². The lowest BCUT2D eigenvalue weighted by atomic mass is 10.2. The van der Waals surface area contributed by atoms with Crippen molar-refractivity contribution in [2.75, 3.05) is 91.2 Å². The zero-order valence-electron chi connectivity index (χ0n) is 27.0. The van der Waals surface area contributed by atoms with Crippen LogP contribution in [0.2, 0.25) is 0 Å². The van der Waals surface area contributed by atoms with Crippen LogP contribution in [-0.4, -0.2) is 95.3 Å². The molecule has 4 heterocycles. The van der Waals surface area contributed by atoms with Gasteiger partial charge in [0, 0.05) is 19.0 Å². The highest BCUT2D eigenvalue weighted by Crippen LogP contribution is 2.38. The average Bonchev–Trinajstić information content (AvgIpc) is 3.58. The van der Waals surface area contributed by atoms with Gasteiger partial charge in [0.1, 0.15) is 26.2 Å². The lowest BCUT2D eigenvalue weighted by Crippen LogP contribution is -2.53. The van der Waals surface area contributed by atoms with E-state index in [2.05, 4.69) is 60.0 Å². The van der Waals surface area contributed by atoms with Crippen LogP contribution in [0.4, 0.5) is 5.69 Å². The number of aryl methyl sites for hydroxylation is 1. The summed E-state index contributed by atoms with van der Waals surface area (Å²) in [7, 11) is 4.69. The molecule has 2 saturated heterocycles. The molecule has 0 bridgehead atoms. The van der Waals surface area contributed by atoms with Crippen LogP contribution in [0.3, 0.4) is 0 Å². The molecule has 2 aromatic carbocycles. The van der Waals surface area contributed by atoms with Crippen molar-refractivity contribution < 1.29 is 32.2 Å². The van der Waals surface area contributed by atoms with Gasteiger partial charge in [0.25, 0.3) is 5.52 Å². The summed E-state index contributed by atoms with van der Waals surface area (Å²) in [4.78, 5) is 2.30. The van der Waals surface area contributed by atoms with Crippen molar-refractivity contribution in [2.45, 2.75) is 19.4 Å². The third-order valence-electron chi connectivity index (χ3n) is 9.46. The molecule has 1 aromatic heterocycles. The van der Waals surface area contributed by atoms with Crippen molar-refractivity contribution >= 4 is 22.9 Å². The van der Waals surface area contributed by atoms with E-state index in [-0.39, 0.29) is 0 Å². The number of likely N-dealkylation sites (N-methyl/N-ethyl adjacent to an activating group) is 2. The second-order valence-electron chi connectivity index (χ2n) is 12.9. The first-order chi connectivity index (χ1) is 22.0. The summed E-state index contributed by atoms with van der Waals surface area (Å²) >= 11 is 0. The molecule has 0 spiro atoms. The molecule has 45 heavy (non-hydrogen) atoms. The fraction of sp³-hybridized carbons (Fsp3) is 0.432. The van der Waals surface area contributed by atoms with Gasteiger partial charge < -0.3 is 32.5 Å². The predicted molar refractivity (Wildman–Crippen MR) is 179 cm³/mol. The van der Waals surface area contributed by atoms with Crippen molar-refractivity contribution in [2.24, 2.45) is 0 Å². The standard InChI is InChI=1S/C37H49N4O4/c1-40(24-28-42-29-25-40)22-12-20-38-32-14-8-10-16-34(32)44-36(38)18-6-4-3-5-7-19-37-39(33-15-9-11-17-35(33)45-37)21-13-23-41(2)26-30-43-31-27-41/h3-11,14-19H,12-13,20-31H2,1-2H3/q+3. The lowest BCUT2D eigenvalue weighted by molar-refractivity contribution is -0.918. The van der Waals surface area contributed by atoms with Crippen molar-refractivity contribution in [1.29, 1.82) is 0 Å². The molecule has 3 aliphatic rings. The quantitative estimate of drug-likeness (QED) is 0.157. The summed E-state index contributed by atoms with van der Waals surface area (Å²) < 4.78 is 28.1. The number of hydrogen-bond donors (Lipinski definition) is 0. The van der Waals surface area contributed by atoms with Crippen molar-refractivity contribution in [1.82, 2.24) is 0 Å². The molecule has 3 aliphatic heterocycles. The Balaban J connectivity index is 1.07. The Morgan fingerprint density at radius 2 is 1.40 bits per heavy atom. The van der Waals surface area contributed by atoms with E-state index in [4.69, 9.17) is 18.6 Å². The van der Waals surface area contributed by atoms with Crippen LogP contribution in [0.1, 0.15) is 18.7 Å². The molecule has 0 N–H and O–H groups in total. The van der Waals surface area contributed by atoms with E-state index >= 15 is 0 Å². The third-order valence-corrected chi connectivity index (χ3v) is 9.46. The molecule has 0 atom stereocenters. The number of morpholine rings is 2. The Kier molecular flexibility index (Phi) is 10.2. The SMILES string of the molecule is C[N+]1(CCCN2/C(=C/C=C/C=C/C=C/c3oc4ccccc4[n+]3CCC[N+]3(C)CCOCC3)Oc3ccccc32)CCOCC1. The maximum atomic E-state index is 6.24. The predicted octanol–water partition coefficient (Wildman–Crippen LogP) is 5.32. The molecular weight excluding hydrogens is 564 g/mol. The number of anilines is 1. The topological polar surface area (TPSA) is 48.0 Å². The maximum Gasteiger partial charge on any atom is 0.374 e. The van der Waals surface area contributed by atoms with Crippen molar-refractivity contribution in [3.8, 4) is 5.75 Å². The molecule has 6 rings (SSSR count). The van der Waals surface area contributed by atoms with E-state index in [1.54, 1.807) is 0 Å². The third kappa shape index (κ3) is 7.94. The van der Waals surface area contributed by atoms with E-state index < -0.39 is 0 Å². The minimum atomic E-state index is 0.860. The molecule has 0 saturated carbocycles. The Labute approximate surface area is 267 Å². The Morgan fingerprint density at radius 3 is 2.18 bits per heavy atom. The fourth-order valence-corrected chi connectivity index (χ4v) is 6.52. The fourth-order valence-electron chi connectivity index (χ4n) is 6.52. The highest BCUT2D eigenvalue weighted by molar-refractivity contribution is 5.69. The molecule has 3 aromatic rings. The van der Waals surface area contributed by atoms with Crippen molar-refractivity contribution in [3.05, 3.63) is 96.8 Å². The number of para-hydroxylation sites is 4. The van der Waals surface area contributed by atoms with Crippen LogP contribution in [-0.2, 0) is 16.0 Å². The summed E-state index contributed by atoms with van der Waals surface area (Å²) in [6.07, 6.45) is 16.5. The van der Waals surface area contributed by atoms with Crippen molar-refractivity contribution in [3.63, 3.8) is 0 Å². The monoisotopic (exact) mass is 613 g/mol. The lowest BCUT2D eigenvalue weighted by Gasteiger charge is -2.38. The Morgan fingerprint density at radius 1 is 0.756 bits per heavy atom. The number of ether oxygens (including phenoxy) is 3.